The number of esters is 1. The summed E-state index contributed by atoms with van der Waals surface area (Å²) in [5.41, 5.74) is 2.46. The number of carbonyl (C=O) groups is 3. The van der Waals surface area contributed by atoms with Gasteiger partial charge in [-0.1, -0.05) is 36.4 Å². The van der Waals surface area contributed by atoms with Gasteiger partial charge in [0.15, 0.2) is 6.61 Å². The lowest BCUT2D eigenvalue weighted by molar-refractivity contribution is -0.158. The molecule has 0 aliphatic rings. The van der Waals surface area contributed by atoms with Crippen LogP contribution in [0.5, 0.6) is 5.75 Å². The van der Waals surface area contributed by atoms with Gasteiger partial charge in [0.2, 0.25) is 6.10 Å². The topological polar surface area (TPSA) is 93.7 Å². The van der Waals surface area contributed by atoms with Gasteiger partial charge in [0.1, 0.15) is 5.75 Å². The summed E-state index contributed by atoms with van der Waals surface area (Å²) in [4.78, 5) is 36.3. The second kappa shape index (κ2) is 10.1. The van der Waals surface area contributed by atoms with Crippen LogP contribution in [-0.2, 0) is 14.3 Å². The molecule has 2 rings (SSSR count). The van der Waals surface area contributed by atoms with E-state index in [1.54, 1.807) is 49.4 Å². The van der Waals surface area contributed by atoms with Crippen LogP contribution in [0.3, 0.4) is 0 Å². The van der Waals surface area contributed by atoms with Gasteiger partial charge in [0.05, 0.1) is 0 Å². The van der Waals surface area contributed by atoms with Crippen molar-refractivity contribution >= 4 is 17.9 Å². The van der Waals surface area contributed by atoms with Crippen LogP contribution in [0.1, 0.15) is 29.7 Å². The number of ether oxygens (including phenoxy) is 2. The van der Waals surface area contributed by atoms with Crippen molar-refractivity contribution in [1.29, 1.82) is 0 Å². The molecule has 0 saturated heterocycles. The molecule has 28 heavy (non-hydrogen) atoms. The van der Waals surface area contributed by atoms with Crippen LogP contribution >= 0.6 is 0 Å². The molecule has 1 atom stereocenters. The first-order chi connectivity index (χ1) is 13.4. The Hall–Kier alpha value is -3.35. The normalized spacial score (nSPS) is 11.2. The maximum atomic E-state index is 12.4. The summed E-state index contributed by atoms with van der Waals surface area (Å²) in [6.45, 7) is 5.58. The maximum Gasteiger partial charge on any atom is 0.345 e. The maximum absolute atomic E-state index is 12.4. The van der Waals surface area contributed by atoms with E-state index in [1.165, 1.54) is 0 Å². The number of benzene rings is 2. The minimum atomic E-state index is -1.26. The fourth-order valence-electron chi connectivity index (χ4n) is 2.61. The molecule has 0 radical (unpaired) electrons. The standard InChI is InChI=1S/C21H24N2O5/c1-4-22-21(26)23-20(25)19(16-8-6-5-7-9-16)28-18(24)13-27-17-11-14(2)10-15(3)12-17/h5-12,19H,4,13H2,1-3H3,(H2,22,23,25,26)/t19-/m0/s1. The summed E-state index contributed by atoms with van der Waals surface area (Å²) in [7, 11) is 0. The fourth-order valence-corrected chi connectivity index (χ4v) is 2.61. The molecule has 2 N–H and O–H groups in total. The minimum Gasteiger partial charge on any atom is -0.482 e. The Labute approximate surface area is 164 Å². The van der Waals surface area contributed by atoms with Gasteiger partial charge in [-0.2, -0.15) is 0 Å². The quantitative estimate of drug-likeness (QED) is 0.716. The Morgan fingerprint density at radius 2 is 1.64 bits per heavy atom. The average molecular weight is 384 g/mol. The van der Waals surface area contributed by atoms with Crippen molar-refractivity contribution in [1.82, 2.24) is 10.6 Å². The summed E-state index contributed by atoms with van der Waals surface area (Å²) in [5, 5.41) is 4.62. The largest absolute Gasteiger partial charge is 0.482 e. The third kappa shape index (κ3) is 6.42. The lowest BCUT2D eigenvalue weighted by atomic mass is 10.1. The number of imide groups is 1. The molecule has 0 aliphatic heterocycles. The van der Waals surface area contributed by atoms with E-state index in [0.717, 1.165) is 11.1 Å². The molecule has 3 amide bonds. The van der Waals surface area contributed by atoms with Gasteiger partial charge in [0, 0.05) is 12.1 Å². The number of rotatable bonds is 7. The molecular formula is C21H24N2O5. The van der Waals surface area contributed by atoms with Crippen molar-refractivity contribution in [2.24, 2.45) is 0 Å². The van der Waals surface area contributed by atoms with Crippen LogP contribution in [0, 0.1) is 13.8 Å². The van der Waals surface area contributed by atoms with E-state index in [2.05, 4.69) is 10.6 Å². The van der Waals surface area contributed by atoms with Crippen molar-refractivity contribution in [3.63, 3.8) is 0 Å². The minimum absolute atomic E-state index is 0.360. The Kier molecular flexibility index (Phi) is 7.56. The van der Waals surface area contributed by atoms with E-state index in [-0.39, 0.29) is 6.61 Å². The van der Waals surface area contributed by atoms with E-state index < -0.39 is 24.0 Å². The molecule has 0 spiro atoms. The summed E-state index contributed by atoms with van der Waals surface area (Å²) in [5.74, 6) is -0.923. The predicted octanol–water partition coefficient (Wildman–Crippen LogP) is 2.81. The molecule has 0 saturated carbocycles. The molecule has 7 heteroatoms. The summed E-state index contributed by atoms with van der Waals surface area (Å²) in [6.07, 6.45) is -1.26. The molecule has 0 aliphatic carbocycles. The first-order valence-electron chi connectivity index (χ1n) is 8.93. The summed E-state index contributed by atoms with van der Waals surface area (Å²) < 4.78 is 10.8. The van der Waals surface area contributed by atoms with Crippen LogP contribution in [-0.4, -0.2) is 31.1 Å². The number of urea groups is 1. The molecule has 0 aromatic heterocycles. The van der Waals surface area contributed by atoms with E-state index in [9.17, 15) is 14.4 Å². The zero-order chi connectivity index (χ0) is 20.5. The number of carbonyl (C=O) groups excluding carboxylic acids is 3. The first kappa shape index (κ1) is 21.0. The van der Waals surface area contributed by atoms with Gasteiger partial charge in [-0.25, -0.2) is 9.59 Å². The van der Waals surface area contributed by atoms with Crippen LogP contribution in [0.25, 0.3) is 0 Å². The van der Waals surface area contributed by atoms with Crippen molar-refractivity contribution < 1.29 is 23.9 Å². The highest BCUT2D eigenvalue weighted by atomic mass is 16.6. The molecular weight excluding hydrogens is 360 g/mol. The van der Waals surface area contributed by atoms with Gasteiger partial charge in [-0.05, 0) is 44.0 Å². The molecule has 0 fully saturated rings. The van der Waals surface area contributed by atoms with Crippen LogP contribution in [0.15, 0.2) is 48.5 Å². The Morgan fingerprint density at radius 3 is 2.25 bits per heavy atom. The predicted molar refractivity (Wildman–Crippen MR) is 104 cm³/mol. The van der Waals surface area contributed by atoms with E-state index in [0.29, 0.717) is 17.9 Å². The van der Waals surface area contributed by atoms with Gasteiger partial charge in [0.25, 0.3) is 5.91 Å². The van der Waals surface area contributed by atoms with Crippen LogP contribution in [0.2, 0.25) is 0 Å². The third-order valence-electron chi connectivity index (χ3n) is 3.72. The number of hydrogen-bond acceptors (Lipinski definition) is 5. The Bertz CT molecular complexity index is 816. The van der Waals surface area contributed by atoms with Crippen molar-refractivity contribution in [3.05, 3.63) is 65.2 Å². The first-order valence-corrected chi connectivity index (χ1v) is 8.93. The summed E-state index contributed by atoms with van der Waals surface area (Å²) in [6, 6.07) is 13.4. The highest BCUT2D eigenvalue weighted by molar-refractivity contribution is 5.97. The average Bonchev–Trinajstić information content (AvgIpc) is 2.64. The van der Waals surface area contributed by atoms with E-state index in [1.807, 2.05) is 19.9 Å². The molecule has 148 valence electrons. The van der Waals surface area contributed by atoms with Gasteiger partial charge in [-0.3, -0.25) is 10.1 Å². The monoisotopic (exact) mass is 384 g/mol. The van der Waals surface area contributed by atoms with Crippen LogP contribution < -0.4 is 15.4 Å². The fraction of sp³-hybridized carbons (Fsp3) is 0.286. The van der Waals surface area contributed by atoms with Crippen molar-refractivity contribution in [2.45, 2.75) is 26.9 Å². The molecule has 2 aromatic rings. The molecule has 0 heterocycles. The van der Waals surface area contributed by atoms with Crippen molar-refractivity contribution in [3.8, 4) is 5.75 Å². The van der Waals surface area contributed by atoms with E-state index >= 15 is 0 Å². The lowest BCUT2D eigenvalue weighted by Gasteiger charge is -2.18. The van der Waals surface area contributed by atoms with E-state index in [4.69, 9.17) is 9.47 Å². The lowest BCUT2D eigenvalue weighted by Crippen LogP contribution is -2.42. The smallest absolute Gasteiger partial charge is 0.345 e. The number of nitrogens with one attached hydrogen (secondary N) is 2. The van der Waals surface area contributed by atoms with Gasteiger partial charge < -0.3 is 14.8 Å². The number of hydrogen-bond donors (Lipinski definition) is 2. The zero-order valence-electron chi connectivity index (χ0n) is 16.2. The number of amides is 3. The SMILES string of the molecule is CCNC(=O)NC(=O)[C@@H](OC(=O)COc1cc(C)cc(C)c1)c1ccccc1. The highest BCUT2D eigenvalue weighted by Gasteiger charge is 2.26. The Balaban J connectivity index is 2.05. The van der Waals surface area contributed by atoms with Gasteiger partial charge in [-0.15, -0.1) is 0 Å². The van der Waals surface area contributed by atoms with Gasteiger partial charge >= 0.3 is 12.0 Å². The van der Waals surface area contributed by atoms with Crippen molar-refractivity contribution in [2.75, 3.05) is 13.2 Å². The zero-order valence-corrected chi connectivity index (χ0v) is 16.2. The summed E-state index contributed by atoms with van der Waals surface area (Å²) >= 11 is 0. The molecule has 0 bridgehead atoms. The number of aryl methyl sites for hydroxylation is 2. The molecule has 7 nitrogen and oxygen atoms in total. The second-order valence-corrected chi connectivity index (χ2v) is 6.24. The molecule has 0 unspecified atom stereocenters. The molecule has 2 aromatic carbocycles. The van der Waals surface area contributed by atoms with Crippen LogP contribution in [0.4, 0.5) is 4.79 Å². The second-order valence-electron chi connectivity index (χ2n) is 6.24. The third-order valence-corrected chi connectivity index (χ3v) is 3.72. The highest BCUT2D eigenvalue weighted by Crippen LogP contribution is 2.19. The Morgan fingerprint density at radius 1 is 1.00 bits per heavy atom.